The van der Waals surface area contributed by atoms with Crippen LogP contribution in [0.25, 0.3) is 16.5 Å². The molecular formula is C14H10N2O2S. The van der Waals surface area contributed by atoms with Gasteiger partial charge in [-0.3, -0.25) is 4.79 Å². The molecule has 1 amide bonds. The molecule has 0 atom stereocenters. The van der Waals surface area contributed by atoms with Crippen molar-refractivity contribution in [2.75, 3.05) is 0 Å². The van der Waals surface area contributed by atoms with Crippen molar-refractivity contribution in [1.82, 2.24) is 0 Å². The van der Waals surface area contributed by atoms with Crippen molar-refractivity contribution >= 4 is 23.3 Å². The first kappa shape index (κ1) is 12.9. The number of phenolic OH excluding ortho intramolecular Hbond substituents is 1. The number of nitriles is 1. The fourth-order valence-corrected chi connectivity index (χ4v) is 2.49. The normalized spacial score (nSPS) is 11.0. The molecule has 0 saturated carbocycles. The maximum atomic E-state index is 11.0. The Morgan fingerprint density at radius 1 is 1.37 bits per heavy atom. The summed E-state index contributed by atoms with van der Waals surface area (Å²) in [5.41, 5.74) is 5.87. The zero-order chi connectivity index (χ0) is 13.8. The average Bonchev–Trinajstić information content (AvgIpc) is 2.84. The number of benzene rings is 1. The molecule has 2 aromatic rings. The van der Waals surface area contributed by atoms with Gasteiger partial charge in [0.1, 0.15) is 17.4 Å². The van der Waals surface area contributed by atoms with E-state index in [4.69, 9.17) is 11.0 Å². The Kier molecular flexibility index (Phi) is 3.64. The van der Waals surface area contributed by atoms with Gasteiger partial charge in [0, 0.05) is 9.75 Å². The molecule has 3 N–H and O–H groups in total. The lowest BCUT2D eigenvalue weighted by Crippen LogP contribution is -2.12. The van der Waals surface area contributed by atoms with Crippen LogP contribution in [0.2, 0.25) is 0 Å². The third kappa shape index (κ3) is 3.00. The molecule has 0 unspecified atom stereocenters. The van der Waals surface area contributed by atoms with E-state index in [2.05, 4.69) is 0 Å². The van der Waals surface area contributed by atoms with E-state index in [0.29, 0.717) is 0 Å². The molecule has 0 aliphatic rings. The molecule has 0 bridgehead atoms. The second-order valence-electron chi connectivity index (χ2n) is 3.79. The first-order valence-electron chi connectivity index (χ1n) is 5.41. The number of phenols is 1. The van der Waals surface area contributed by atoms with E-state index in [1.165, 1.54) is 17.4 Å². The highest BCUT2D eigenvalue weighted by molar-refractivity contribution is 7.16. The highest BCUT2D eigenvalue weighted by Crippen LogP contribution is 2.31. The van der Waals surface area contributed by atoms with Crippen LogP contribution in [0.1, 0.15) is 4.88 Å². The Balaban J connectivity index is 2.35. The standard InChI is InChI=1S/C14H10N2O2S/c15-8-10(14(16)18)7-12-4-5-13(19-12)9-2-1-3-11(17)6-9/h1-7,17H,(H2,16,18)/b10-7+. The summed E-state index contributed by atoms with van der Waals surface area (Å²) in [6.45, 7) is 0. The quantitative estimate of drug-likeness (QED) is 0.663. The molecule has 5 heteroatoms. The van der Waals surface area contributed by atoms with E-state index in [1.807, 2.05) is 12.1 Å². The van der Waals surface area contributed by atoms with Crippen LogP contribution in [-0.4, -0.2) is 11.0 Å². The van der Waals surface area contributed by atoms with E-state index in [-0.39, 0.29) is 11.3 Å². The molecule has 0 fully saturated rings. The summed E-state index contributed by atoms with van der Waals surface area (Å²) >= 11 is 1.41. The molecule has 1 heterocycles. The Labute approximate surface area is 114 Å². The van der Waals surface area contributed by atoms with Crippen molar-refractivity contribution in [2.45, 2.75) is 0 Å². The van der Waals surface area contributed by atoms with Gasteiger partial charge in [-0.25, -0.2) is 0 Å². The van der Waals surface area contributed by atoms with Crippen molar-refractivity contribution in [1.29, 1.82) is 5.26 Å². The summed E-state index contributed by atoms with van der Waals surface area (Å²) in [4.78, 5) is 12.7. The van der Waals surface area contributed by atoms with E-state index < -0.39 is 5.91 Å². The second-order valence-corrected chi connectivity index (χ2v) is 4.90. The van der Waals surface area contributed by atoms with Gasteiger partial charge in [0.05, 0.1) is 0 Å². The highest BCUT2D eigenvalue weighted by Gasteiger charge is 2.06. The monoisotopic (exact) mass is 270 g/mol. The zero-order valence-corrected chi connectivity index (χ0v) is 10.6. The number of primary amides is 1. The molecule has 0 aliphatic heterocycles. The summed E-state index contributed by atoms with van der Waals surface area (Å²) < 4.78 is 0. The maximum Gasteiger partial charge on any atom is 0.259 e. The molecule has 19 heavy (non-hydrogen) atoms. The second kappa shape index (κ2) is 5.38. The highest BCUT2D eigenvalue weighted by atomic mass is 32.1. The van der Waals surface area contributed by atoms with Crippen LogP contribution in [-0.2, 0) is 4.79 Å². The van der Waals surface area contributed by atoms with Crippen LogP contribution >= 0.6 is 11.3 Å². The maximum absolute atomic E-state index is 11.0. The van der Waals surface area contributed by atoms with Gasteiger partial charge in [0.25, 0.3) is 5.91 Å². The first-order chi connectivity index (χ1) is 9.10. The van der Waals surface area contributed by atoms with Gasteiger partial charge in [-0.2, -0.15) is 5.26 Å². The Hall–Kier alpha value is -2.58. The van der Waals surface area contributed by atoms with Crippen LogP contribution in [0.15, 0.2) is 42.0 Å². The number of carbonyl (C=O) groups excluding carboxylic acids is 1. The predicted octanol–water partition coefficient (Wildman–Crippen LogP) is 2.51. The van der Waals surface area contributed by atoms with E-state index in [1.54, 1.807) is 30.3 Å². The minimum Gasteiger partial charge on any atom is -0.508 e. The molecule has 94 valence electrons. The minimum absolute atomic E-state index is 0.0793. The summed E-state index contributed by atoms with van der Waals surface area (Å²) in [6.07, 6.45) is 1.46. The number of rotatable bonds is 3. The Morgan fingerprint density at radius 3 is 2.79 bits per heavy atom. The van der Waals surface area contributed by atoms with Crippen LogP contribution < -0.4 is 5.73 Å². The first-order valence-corrected chi connectivity index (χ1v) is 6.22. The van der Waals surface area contributed by atoms with Crippen molar-refractivity contribution in [2.24, 2.45) is 5.73 Å². The molecule has 1 aromatic carbocycles. The topological polar surface area (TPSA) is 87.1 Å². The Morgan fingerprint density at radius 2 is 2.16 bits per heavy atom. The molecule has 0 radical (unpaired) electrons. The van der Waals surface area contributed by atoms with E-state index in [0.717, 1.165) is 15.3 Å². The third-order valence-corrected chi connectivity index (χ3v) is 3.51. The number of nitrogens with two attached hydrogens (primary N) is 1. The van der Waals surface area contributed by atoms with Crippen LogP contribution in [0.3, 0.4) is 0 Å². The van der Waals surface area contributed by atoms with Gasteiger partial charge in [-0.05, 0) is 35.9 Å². The number of aromatic hydroxyl groups is 1. The summed E-state index contributed by atoms with van der Waals surface area (Å²) in [7, 11) is 0. The fraction of sp³-hybridized carbons (Fsp3) is 0. The summed E-state index contributed by atoms with van der Waals surface area (Å²) in [5.74, 6) is -0.548. The third-order valence-electron chi connectivity index (χ3n) is 2.43. The number of hydrogen-bond acceptors (Lipinski definition) is 4. The molecule has 4 nitrogen and oxygen atoms in total. The molecule has 0 saturated heterocycles. The van der Waals surface area contributed by atoms with Crippen LogP contribution in [0, 0.1) is 11.3 Å². The van der Waals surface area contributed by atoms with Crippen LogP contribution in [0.4, 0.5) is 0 Å². The SMILES string of the molecule is N#C/C(=C\c1ccc(-c2cccc(O)c2)s1)C(N)=O. The smallest absolute Gasteiger partial charge is 0.259 e. The van der Waals surface area contributed by atoms with Gasteiger partial charge < -0.3 is 10.8 Å². The number of amides is 1. The molecule has 2 rings (SSSR count). The lowest BCUT2D eigenvalue weighted by Gasteiger charge is -1.97. The van der Waals surface area contributed by atoms with E-state index in [9.17, 15) is 9.90 Å². The van der Waals surface area contributed by atoms with Gasteiger partial charge in [-0.15, -0.1) is 11.3 Å². The van der Waals surface area contributed by atoms with Crippen molar-refractivity contribution in [3.63, 3.8) is 0 Å². The molecular weight excluding hydrogens is 260 g/mol. The number of hydrogen-bond donors (Lipinski definition) is 2. The average molecular weight is 270 g/mol. The lowest BCUT2D eigenvalue weighted by molar-refractivity contribution is -0.114. The van der Waals surface area contributed by atoms with Crippen molar-refractivity contribution in [3.05, 3.63) is 46.8 Å². The number of carbonyl (C=O) groups is 1. The van der Waals surface area contributed by atoms with Gasteiger partial charge in [0.15, 0.2) is 0 Å². The zero-order valence-electron chi connectivity index (χ0n) is 9.83. The van der Waals surface area contributed by atoms with Gasteiger partial charge >= 0.3 is 0 Å². The summed E-state index contributed by atoms with van der Waals surface area (Å²) in [6, 6.07) is 12.3. The molecule has 0 aliphatic carbocycles. The largest absolute Gasteiger partial charge is 0.508 e. The van der Waals surface area contributed by atoms with Crippen LogP contribution in [0.5, 0.6) is 5.75 Å². The minimum atomic E-state index is -0.741. The van der Waals surface area contributed by atoms with Crippen molar-refractivity contribution < 1.29 is 9.90 Å². The lowest BCUT2D eigenvalue weighted by atomic mass is 10.2. The Bertz CT molecular complexity index is 695. The van der Waals surface area contributed by atoms with Gasteiger partial charge in [0.2, 0.25) is 0 Å². The van der Waals surface area contributed by atoms with Crippen molar-refractivity contribution in [3.8, 4) is 22.3 Å². The number of nitrogens with zero attached hydrogens (tertiary/aromatic N) is 1. The van der Waals surface area contributed by atoms with E-state index >= 15 is 0 Å². The predicted molar refractivity (Wildman–Crippen MR) is 74.2 cm³/mol. The number of thiophene rings is 1. The summed E-state index contributed by atoms with van der Waals surface area (Å²) in [5, 5.41) is 18.2. The fourth-order valence-electron chi connectivity index (χ4n) is 1.55. The molecule has 1 aromatic heterocycles. The molecule has 0 spiro atoms. The van der Waals surface area contributed by atoms with Gasteiger partial charge in [-0.1, -0.05) is 12.1 Å².